The second-order valence-electron chi connectivity index (χ2n) is 7.18. The zero-order valence-corrected chi connectivity index (χ0v) is 18.1. The van der Waals surface area contributed by atoms with Crippen molar-refractivity contribution in [2.45, 2.75) is 51.6 Å². The van der Waals surface area contributed by atoms with Crippen molar-refractivity contribution in [1.82, 2.24) is 25.3 Å². The Hall–Kier alpha value is -1.32. The van der Waals surface area contributed by atoms with Crippen LogP contribution in [0.15, 0.2) is 17.4 Å². The molecule has 1 aliphatic heterocycles. The third-order valence-corrected chi connectivity index (χ3v) is 5.16. The lowest BCUT2D eigenvalue weighted by Gasteiger charge is -2.21. The van der Waals surface area contributed by atoms with Crippen LogP contribution in [0.2, 0.25) is 0 Å². The Bertz CT molecular complexity index is 611. The Labute approximate surface area is 173 Å². The number of amides is 1. The van der Waals surface area contributed by atoms with Gasteiger partial charge in [-0.05, 0) is 31.7 Å². The fourth-order valence-corrected chi connectivity index (χ4v) is 3.78. The van der Waals surface area contributed by atoms with Gasteiger partial charge >= 0.3 is 0 Å². The number of aromatic nitrogens is 2. The van der Waals surface area contributed by atoms with Gasteiger partial charge in [0.05, 0.1) is 12.7 Å². The van der Waals surface area contributed by atoms with Crippen LogP contribution in [0.25, 0.3) is 0 Å². The molecule has 1 saturated heterocycles. The smallest absolute Gasteiger partial charge is 0.225 e. The first kappa shape index (κ1) is 21.0. The molecular formula is C18H31IN6O. The monoisotopic (exact) mass is 474 g/mol. The Morgan fingerprint density at radius 2 is 2.12 bits per heavy atom. The summed E-state index contributed by atoms with van der Waals surface area (Å²) in [7, 11) is 1.78. The molecule has 2 heterocycles. The summed E-state index contributed by atoms with van der Waals surface area (Å²) in [6.07, 6.45) is 9.43. The molecule has 1 aromatic rings. The molecule has 1 amide bonds. The standard InChI is InChI=1S/C18H30N6O.HI/c1-14-11-21-24(12-14)10-8-20-18(19-2)22-16-7-9-23(13-16)17(25)15-5-3-4-6-15;/h11-12,15-16H,3-10,13H2,1-2H3,(H2,19,20,22);1H. The zero-order chi connectivity index (χ0) is 17.6. The predicted molar refractivity (Wildman–Crippen MR) is 114 cm³/mol. The van der Waals surface area contributed by atoms with E-state index in [0.29, 0.717) is 5.91 Å². The van der Waals surface area contributed by atoms with Crippen LogP contribution in [-0.2, 0) is 11.3 Å². The molecule has 7 nitrogen and oxygen atoms in total. The van der Waals surface area contributed by atoms with Gasteiger partial charge in [-0.1, -0.05) is 12.8 Å². The van der Waals surface area contributed by atoms with Crippen LogP contribution in [0.4, 0.5) is 0 Å². The van der Waals surface area contributed by atoms with E-state index in [1.807, 2.05) is 28.9 Å². The summed E-state index contributed by atoms with van der Waals surface area (Å²) >= 11 is 0. The van der Waals surface area contributed by atoms with Crippen molar-refractivity contribution < 1.29 is 4.79 Å². The number of rotatable bonds is 5. The van der Waals surface area contributed by atoms with E-state index >= 15 is 0 Å². The van der Waals surface area contributed by atoms with Crippen LogP contribution in [-0.4, -0.2) is 59.3 Å². The van der Waals surface area contributed by atoms with Crippen LogP contribution < -0.4 is 10.6 Å². The van der Waals surface area contributed by atoms with Gasteiger partial charge in [-0.25, -0.2) is 0 Å². The van der Waals surface area contributed by atoms with Crippen LogP contribution in [0, 0.1) is 12.8 Å². The number of hydrogen-bond acceptors (Lipinski definition) is 3. The highest BCUT2D eigenvalue weighted by Crippen LogP contribution is 2.27. The van der Waals surface area contributed by atoms with E-state index < -0.39 is 0 Å². The molecule has 26 heavy (non-hydrogen) atoms. The van der Waals surface area contributed by atoms with Crippen molar-refractivity contribution in [3.05, 3.63) is 18.0 Å². The highest BCUT2D eigenvalue weighted by atomic mass is 127. The van der Waals surface area contributed by atoms with E-state index in [2.05, 4.69) is 20.7 Å². The van der Waals surface area contributed by atoms with Crippen LogP contribution in [0.5, 0.6) is 0 Å². The maximum Gasteiger partial charge on any atom is 0.225 e. The number of aryl methyl sites for hydroxylation is 1. The average Bonchev–Trinajstić information content (AvgIpc) is 3.35. The highest BCUT2D eigenvalue weighted by Gasteiger charge is 2.32. The lowest BCUT2D eigenvalue weighted by molar-refractivity contribution is -0.134. The largest absolute Gasteiger partial charge is 0.355 e. The van der Waals surface area contributed by atoms with E-state index in [0.717, 1.165) is 51.4 Å². The Morgan fingerprint density at radius 3 is 2.77 bits per heavy atom. The van der Waals surface area contributed by atoms with Gasteiger partial charge < -0.3 is 15.5 Å². The Kier molecular flexibility index (Phi) is 8.17. The topological polar surface area (TPSA) is 74.6 Å². The van der Waals surface area contributed by atoms with Crippen molar-refractivity contribution in [2.75, 3.05) is 26.7 Å². The molecule has 1 atom stereocenters. The molecule has 1 unspecified atom stereocenters. The summed E-state index contributed by atoms with van der Waals surface area (Å²) in [5.41, 5.74) is 1.17. The number of nitrogens with zero attached hydrogens (tertiary/aromatic N) is 4. The van der Waals surface area contributed by atoms with E-state index in [1.54, 1.807) is 7.05 Å². The van der Waals surface area contributed by atoms with Crippen molar-refractivity contribution in [2.24, 2.45) is 10.9 Å². The molecule has 2 aliphatic rings. The molecular weight excluding hydrogens is 443 g/mol. The lowest BCUT2D eigenvalue weighted by Crippen LogP contribution is -2.46. The third-order valence-electron chi connectivity index (χ3n) is 5.16. The predicted octanol–water partition coefficient (Wildman–Crippen LogP) is 1.77. The number of guanidine groups is 1. The molecule has 1 saturated carbocycles. The highest BCUT2D eigenvalue weighted by molar-refractivity contribution is 14.0. The fraction of sp³-hybridized carbons (Fsp3) is 0.722. The number of carbonyl (C=O) groups is 1. The molecule has 2 N–H and O–H groups in total. The first-order chi connectivity index (χ1) is 12.2. The molecule has 0 aromatic carbocycles. The minimum absolute atomic E-state index is 0. The minimum atomic E-state index is 0. The SMILES string of the molecule is CN=C(NCCn1cc(C)cn1)NC1CCN(C(=O)C2CCCC2)C1.I. The molecule has 146 valence electrons. The molecule has 1 aromatic heterocycles. The summed E-state index contributed by atoms with van der Waals surface area (Å²) in [5.74, 6) is 1.43. The minimum Gasteiger partial charge on any atom is -0.355 e. The van der Waals surface area contributed by atoms with E-state index in [1.165, 1.54) is 18.4 Å². The van der Waals surface area contributed by atoms with Crippen molar-refractivity contribution in [3.8, 4) is 0 Å². The van der Waals surface area contributed by atoms with Crippen molar-refractivity contribution in [3.63, 3.8) is 0 Å². The van der Waals surface area contributed by atoms with E-state index in [4.69, 9.17) is 0 Å². The molecule has 0 spiro atoms. The number of halogens is 1. The first-order valence-electron chi connectivity index (χ1n) is 9.40. The number of nitrogens with one attached hydrogen (secondary N) is 2. The summed E-state index contributed by atoms with van der Waals surface area (Å²) < 4.78 is 1.92. The van der Waals surface area contributed by atoms with Gasteiger partial charge in [-0.15, -0.1) is 24.0 Å². The van der Waals surface area contributed by atoms with Crippen molar-refractivity contribution >= 4 is 35.8 Å². The maximum atomic E-state index is 12.5. The van der Waals surface area contributed by atoms with Gasteiger partial charge in [0, 0.05) is 44.8 Å². The quantitative estimate of drug-likeness (QED) is 0.388. The first-order valence-corrected chi connectivity index (χ1v) is 9.40. The normalized spacial score (nSPS) is 20.9. The lowest BCUT2D eigenvalue weighted by atomic mass is 10.1. The van der Waals surface area contributed by atoms with E-state index in [-0.39, 0.29) is 35.9 Å². The molecule has 8 heteroatoms. The molecule has 1 aliphatic carbocycles. The Morgan fingerprint density at radius 1 is 1.35 bits per heavy atom. The number of likely N-dealkylation sites (tertiary alicyclic amines) is 1. The number of carbonyl (C=O) groups excluding carboxylic acids is 1. The summed E-state index contributed by atoms with van der Waals surface area (Å²) in [4.78, 5) is 18.9. The van der Waals surface area contributed by atoms with E-state index in [9.17, 15) is 4.79 Å². The van der Waals surface area contributed by atoms with Gasteiger partial charge in [0.15, 0.2) is 5.96 Å². The maximum absolute atomic E-state index is 12.5. The van der Waals surface area contributed by atoms with Gasteiger partial charge in [-0.3, -0.25) is 14.5 Å². The second-order valence-corrected chi connectivity index (χ2v) is 7.18. The molecule has 0 radical (unpaired) electrons. The van der Waals surface area contributed by atoms with Crippen LogP contribution >= 0.6 is 24.0 Å². The van der Waals surface area contributed by atoms with Gasteiger partial charge in [0.1, 0.15) is 0 Å². The van der Waals surface area contributed by atoms with Crippen LogP contribution in [0.1, 0.15) is 37.7 Å². The average molecular weight is 474 g/mol. The molecule has 3 rings (SSSR count). The molecule has 0 bridgehead atoms. The number of hydrogen-bond donors (Lipinski definition) is 2. The second kappa shape index (κ2) is 10.1. The third kappa shape index (κ3) is 5.59. The number of aliphatic imine (C=N–C) groups is 1. The van der Waals surface area contributed by atoms with Crippen molar-refractivity contribution in [1.29, 1.82) is 0 Å². The Balaban J connectivity index is 0.00000243. The van der Waals surface area contributed by atoms with Gasteiger partial charge in [-0.2, -0.15) is 5.10 Å². The summed E-state index contributed by atoms with van der Waals surface area (Å²) in [5, 5.41) is 11.1. The van der Waals surface area contributed by atoms with Gasteiger partial charge in [0.2, 0.25) is 5.91 Å². The fourth-order valence-electron chi connectivity index (χ4n) is 3.78. The zero-order valence-electron chi connectivity index (χ0n) is 15.8. The molecule has 2 fully saturated rings. The summed E-state index contributed by atoms with van der Waals surface area (Å²) in [6, 6.07) is 0.281. The van der Waals surface area contributed by atoms with Crippen LogP contribution in [0.3, 0.4) is 0 Å². The summed E-state index contributed by atoms with van der Waals surface area (Å²) in [6.45, 7) is 5.24. The van der Waals surface area contributed by atoms with Gasteiger partial charge in [0.25, 0.3) is 0 Å².